The molecule has 1 N–H and O–H groups in total. The minimum absolute atomic E-state index is 0.0570. The van der Waals surface area contributed by atoms with Gasteiger partial charge >= 0.3 is 5.97 Å². The molecule has 1 unspecified atom stereocenters. The molecule has 0 aliphatic carbocycles. The quantitative estimate of drug-likeness (QED) is 0.799. The van der Waals surface area contributed by atoms with Crippen LogP contribution in [-0.2, 0) is 9.53 Å². The van der Waals surface area contributed by atoms with Crippen molar-refractivity contribution in [2.24, 2.45) is 10.9 Å². The highest BCUT2D eigenvalue weighted by molar-refractivity contribution is 6.27. The van der Waals surface area contributed by atoms with Crippen LogP contribution in [0, 0.1) is 11.7 Å². The smallest absolute Gasteiger partial charge is 0.342 e. The number of ether oxygens (including phenoxy) is 1. The van der Waals surface area contributed by atoms with E-state index in [9.17, 15) is 9.18 Å². The Morgan fingerprint density at radius 2 is 1.81 bits per heavy atom. The highest BCUT2D eigenvalue weighted by Crippen LogP contribution is 2.30. The molecular weight excluding hydrogens is 343 g/mol. The first-order chi connectivity index (χ1) is 13.0. The summed E-state index contributed by atoms with van der Waals surface area (Å²) in [6, 6.07) is 15.8. The van der Waals surface area contributed by atoms with Crippen LogP contribution in [0.3, 0.4) is 0 Å². The predicted molar refractivity (Wildman–Crippen MR) is 104 cm³/mol. The number of esters is 1. The van der Waals surface area contributed by atoms with E-state index < -0.39 is 5.97 Å². The number of aliphatic imine (C=N–C) groups is 1. The topological polar surface area (TPSA) is 50.7 Å². The molecule has 140 valence electrons. The Morgan fingerprint density at radius 1 is 1.15 bits per heavy atom. The summed E-state index contributed by atoms with van der Waals surface area (Å²) in [6.07, 6.45) is -0.332. The first-order valence-corrected chi connectivity index (χ1v) is 9.08. The van der Waals surface area contributed by atoms with E-state index in [1.54, 1.807) is 19.1 Å². The van der Waals surface area contributed by atoms with Gasteiger partial charge in [0.2, 0.25) is 0 Å². The van der Waals surface area contributed by atoms with Gasteiger partial charge in [-0.3, -0.25) is 4.99 Å². The van der Waals surface area contributed by atoms with Crippen LogP contribution in [0.25, 0.3) is 0 Å². The zero-order chi connectivity index (χ0) is 19.4. The summed E-state index contributed by atoms with van der Waals surface area (Å²) in [7, 11) is 0. The van der Waals surface area contributed by atoms with Gasteiger partial charge in [0.1, 0.15) is 17.6 Å². The number of rotatable bonds is 5. The minimum atomic E-state index is -0.428. The number of carbonyl (C=O) groups is 1. The fourth-order valence-corrected chi connectivity index (χ4v) is 3.06. The highest BCUT2D eigenvalue weighted by atomic mass is 19.1. The van der Waals surface area contributed by atoms with E-state index in [2.05, 4.69) is 5.32 Å². The third kappa shape index (κ3) is 4.08. The van der Waals surface area contributed by atoms with Crippen LogP contribution in [0.2, 0.25) is 0 Å². The van der Waals surface area contributed by atoms with Crippen molar-refractivity contribution in [3.63, 3.8) is 0 Å². The molecule has 0 saturated heterocycles. The van der Waals surface area contributed by atoms with Crippen LogP contribution >= 0.6 is 0 Å². The van der Waals surface area contributed by atoms with E-state index in [1.807, 2.05) is 44.2 Å². The fraction of sp³-hybridized carbons (Fsp3) is 0.273. The van der Waals surface area contributed by atoms with Gasteiger partial charge in [0.25, 0.3) is 0 Å². The van der Waals surface area contributed by atoms with Crippen LogP contribution in [0.15, 0.2) is 70.9 Å². The molecule has 4 nitrogen and oxygen atoms in total. The molecule has 0 spiro atoms. The molecule has 3 rings (SSSR count). The summed E-state index contributed by atoms with van der Waals surface area (Å²) in [4.78, 5) is 17.5. The van der Waals surface area contributed by atoms with Crippen molar-refractivity contribution in [3.8, 4) is 0 Å². The minimum Gasteiger partial charge on any atom is -0.462 e. The largest absolute Gasteiger partial charge is 0.462 e. The molecule has 0 bridgehead atoms. The summed E-state index contributed by atoms with van der Waals surface area (Å²) in [5, 5.41) is 3.39. The van der Waals surface area contributed by atoms with Crippen molar-refractivity contribution in [1.82, 2.24) is 5.32 Å². The van der Waals surface area contributed by atoms with Crippen molar-refractivity contribution in [1.29, 1.82) is 0 Å². The number of nitrogens with one attached hydrogen (secondary N) is 1. The third-order valence-electron chi connectivity index (χ3n) is 4.35. The molecule has 2 aromatic rings. The van der Waals surface area contributed by atoms with E-state index in [4.69, 9.17) is 9.73 Å². The lowest BCUT2D eigenvalue weighted by molar-refractivity contribution is -0.138. The Balaban J connectivity index is 2.16. The van der Waals surface area contributed by atoms with Crippen LogP contribution in [0.5, 0.6) is 0 Å². The van der Waals surface area contributed by atoms with E-state index in [1.165, 1.54) is 12.1 Å². The number of benzene rings is 2. The lowest BCUT2D eigenvalue weighted by Gasteiger charge is -2.30. The second-order valence-corrected chi connectivity index (χ2v) is 6.61. The first kappa shape index (κ1) is 18.8. The Bertz CT molecular complexity index is 871. The standard InChI is InChI=1S/C22H23FN2O2/c1-4-27-22(26)18-19(14(2)3)24-21(16-8-6-5-7-9-16)25-20(18)15-10-12-17(23)13-11-15/h5-14,21,24H,4H2,1-3H3. The molecule has 27 heavy (non-hydrogen) atoms. The molecule has 0 radical (unpaired) electrons. The molecular formula is C22H23FN2O2. The van der Waals surface area contributed by atoms with Gasteiger partial charge in [0.05, 0.1) is 12.3 Å². The maximum absolute atomic E-state index is 13.4. The molecule has 0 aromatic heterocycles. The van der Waals surface area contributed by atoms with Gasteiger partial charge in [-0.25, -0.2) is 9.18 Å². The van der Waals surface area contributed by atoms with Crippen molar-refractivity contribution < 1.29 is 13.9 Å². The van der Waals surface area contributed by atoms with Gasteiger partial charge in [0.15, 0.2) is 0 Å². The molecule has 1 aliphatic heterocycles. The molecule has 2 aromatic carbocycles. The number of hydrogen-bond donors (Lipinski definition) is 1. The van der Waals surface area contributed by atoms with Gasteiger partial charge < -0.3 is 10.1 Å². The molecule has 1 aliphatic rings. The van der Waals surface area contributed by atoms with Gasteiger partial charge in [-0.2, -0.15) is 0 Å². The SMILES string of the molecule is CCOC(=O)C1=C(C(C)C)NC(c2ccccc2)N=C1c1ccc(F)cc1. The third-order valence-corrected chi connectivity index (χ3v) is 4.35. The summed E-state index contributed by atoms with van der Waals surface area (Å²) >= 11 is 0. The predicted octanol–water partition coefficient (Wildman–Crippen LogP) is 4.39. The second kappa shape index (κ2) is 8.16. The van der Waals surface area contributed by atoms with Crippen molar-refractivity contribution in [2.45, 2.75) is 26.9 Å². The van der Waals surface area contributed by atoms with Gasteiger partial charge in [-0.15, -0.1) is 0 Å². The lowest BCUT2D eigenvalue weighted by atomic mass is 9.93. The lowest BCUT2D eigenvalue weighted by Crippen LogP contribution is -2.34. The molecule has 1 atom stereocenters. The molecule has 0 saturated carbocycles. The number of allylic oxidation sites excluding steroid dienone is 1. The maximum Gasteiger partial charge on any atom is 0.342 e. The van der Waals surface area contributed by atoms with Crippen LogP contribution in [-0.4, -0.2) is 18.3 Å². The van der Waals surface area contributed by atoms with Crippen molar-refractivity contribution >= 4 is 11.7 Å². The molecule has 5 heteroatoms. The average molecular weight is 366 g/mol. The summed E-state index contributed by atoms with van der Waals surface area (Å²) < 4.78 is 18.7. The molecule has 0 amide bonds. The Hall–Kier alpha value is -2.95. The second-order valence-electron chi connectivity index (χ2n) is 6.61. The number of halogens is 1. The van der Waals surface area contributed by atoms with Crippen molar-refractivity contribution in [3.05, 3.63) is 82.8 Å². The first-order valence-electron chi connectivity index (χ1n) is 9.08. The normalized spacial score (nSPS) is 16.8. The monoisotopic (exact) mass is 366 g/mol. The van der Waals surface area contributed by atoms with Gasteiger partial charge in [-0.1, -0.05) is 44.2 Å². The van der Waals surface area contributed by atoms with Crippen LogP contribution < -0.4 is 5.32 Å². The number of nitrogens with zero attached hydrogens (tertiary/aromatic N) is 1. The Morgan fingerprint density at radius 3 is 2.41 bits per heavy atom. The fourth-order valence-electron chi connectivity index (χ4n) is 3.06. The van der Waals surface area contributed by atoms with Gasteiger partial charge in [0, 0.05) is 11.3 Å². The van der Waals surface area contributed by atoms with Crippen molar-refractivity contribution in [2.75, 3.05) is 6.61 Å². The summed E-state index contributed by atoms with van der Waals surface area (Å²) in [5.41, 5.74) is 3.37. The maximum atomic E-state index is 13.4. The van der Waals surface area contributed by atoms with Gasteiger partial charge in [-0.05, 0) is 42.7 Å². The molecule has 1 heterocycles. The van der Waals surface area contributed by atoms with Crippen LogP contribution in [0.1, 0.15) is 38.1 Å². The summed E-state index contributed by atoms with van der Waals surface area (Å²) in [6.45, 7) is 6.06. The van der Waals surface area contributed by atoms with E-state index in [0.29, 0.717) is 16.8 Å². The van der Waals surface area contributed by atoms with E-state index >= 15 is 0 Å². The zero-order valence-corrected chi connectivity index (χ0v) is 15.7. The number of carbonyl (C=O) groups excluding carboxylic acids is 1. The Kier molecular flexibility index (Phi) is 5.69. The van der Waals surface area contributed by atoms with Crippen LogP contribution in [0.4, 0.5) is 4.39 Å². The average Bonchev–Trinajstić information content (AvgIpc) is 2.68. The van der Waals surface area contributed by atoms with E-state index in [0.717, 1.165) is 11.3 Å². The zero-order valence-electron chi connectivity index (χ0n) is 15.7. The Labute approximate surface area is 158 Å². The molecule has 0 fully saturated rings. The van der Waals surface area contributed by atoms with E-state index in [-0.39, 0.29) is 24.5 Å². The highest BCUT2D eigenvalue weighted by Gasteiger charge is 2.31. The summed E-state index contributed by atoms with van der Waals surface area (Å²) in [5.74, 6) is -0.705. The number of hydrogen-bond acceptors (Lipinski definition) is 4.